The number of carbonyl (C=O) groups is 2. The predicted octanol–water partition coefficient (Wildman–Crippen LogP) is 4.90. The average Bonchev–Trinajstić information content (AvgIpc) is 2.72. The molecule has 0 heterocycles. The van der Waals surface area contributed by atoms with E-state index in [-0.39, 0.29) is 11.9 Å². The summed E-state index contributed by atoms with van der Waals surface area (Å²) in [5.41, 5.74) is 2.95. The Kier molecular flexibility index (Phi) is 5.59. The van der Waals surface area contributed by atoms with Crippen LogP contribution in [0.15, 0.2) is 84.9 Å². The summed E-state index contributed by atoms with van der Waals surface area (Å²) in [6.07, 6.45) is 0.737. The third-order valence-electron chi connectivity index (χ3n) is 4.52. The van der Waals surface area contributed by atoms with Crippen molar-refractivity contribution in [3.05, 3.63) is 107 Å². The summed E-state index contributed by atoms with van der Waals surface area (Å²) in [6, 6.07) is 26.6. The van der Waals surface area contributed by atoms with Gasteiger partial charge in [-0.25, -0.2) is 0 Å². The molecule has 0 saturated heterocycles. The quantitative estimate of drug-likeness (QED) is 0.597. The Morgan fingerprint density at radius 1 is 0.885 bits per heavy atom. The monoisotopic (exact) mass is 343 g/mol. The highest BCUT2D eigenvalue weighted by atomic mass is 16.2. The number of hydrogen-bond acceptors (Lipinski definition) is 2. The molecule has 0 radical (unpaired) electrons. The highest BCUT2D eigenvalue weighted by molar-refractivity contribution is 6.01. The average molecular weight is 343 g/mol. The number of rotatable bonds is 6. The van der Waals surface area contributed by atoms with Crippen LogP contribution in [0, 0.1) is 0 Å². The van der Waals surface area contributed by atoms with E-state index in [2.05, 4.69) is 0 Å². The molecule has 3 aromatic rings. The summed E-state index contributed by atoms with van der Waals surface area (Å²) in [5.74, 6) is -0.145. The summed E-state index contributed by atoms with van der Waals surface area (Å²) < 4.78 is 0. The Labute approximate surface area is 153 Å². The van der Waals surface area contributed by atoms with Gasteiger partial charge in [0.1, 0.15) is 0 Å². The predicted molar refractivity (Wildman–Crippen MR) is 103 cm³/mol. The molecule has 0 N–H and O–H groups in total. The van der Waals surface area contributed by atoms with Crippen LogP contribution in [-0.2, 0) is 6.54 Å². The lowest BCUT2D eigenvalue weighted by Gasteiger charge is -2.30. The van der Waals surface area contributed by atoms with Crippen LogP contribution in [0.5, 0.6) is 0 Å². The minimum Gasteiger partial charge on any atom is -0.328 e. The van der Waals surface area contributed by atoms with E-state index in [1.807, 2.05) is 72.5 Å². The first-order chi connectivity index (χ1) is 12.7. The lowest BCUT2D eigenvalue weighted by molar-refractivity contribution is 0.0671. The SMILES string of the molecule is CC(c1ccccc1)N(Cc1ccccc1)C(=O)c1ccccc1C=O. The molecular formula is C23H21NO2. The van der Waals surface area contributed by atoms with Gasteiger partial charge in [-0.2, -0.15) is 0 Å². The van der Waals surface area contributed by atoms with Crippen molar-refractivity contribution in [3.8, 4) is 0 Å². The molecular weight excluding hydrogens is 322 g/mol. The van der Waals surface area contributed by atoms with Crippen molar-refractivity contribution in [1.82, 2.24) is 4.90 Å². The molecule has 0 saturated carbocycles. The van der Waals surface area contributed by atoms with E-state index in [9.17, 15) is 9.59 Å². The lowest BCUT2D eigenvalue weighted by Crippen LogP contribution is -2.33. The van der Waals surface area contributed by atoms with Crippen LogP contribution < -0.4 is 0 Å². The van der Waals surface area contributed by atoms with Crippen molar-refractivity contribution < 1.29 is 9.59 Å². The highest BCUT2D eigenvalue weighted by Crippen LogP contribution is 2.25. The number of carbonyl (C=O) groups excluding carboxylic acids is 2. The maximum absolute atomic E-state index is 13.3. The highest BCUT2D eigenvalue weighted by Gasteiger charge is 2.24. The van der Waals surface area contributed by atoms with Crippen LogP contribution >= 0.6 is 0 Å². The number of nitrogens with zero attached hydrogens (tertiary/aromatic N) is 1. The fourth-order valence-corrected chi connectivity index (χ4v) is 3.03. The molecule has 1 amide bonds. The molecule has 3 nitrogen and oxygen atoms in total. The van der Waals surface area contributed by atoms with Gasteiger partial charge in [0.15, 0.2) is 6.29 Å². The molecule has 3 heteroatoms. The molecule has 0 aliphatic carbocycles. The van der Waals surface area contributed by atoms with E-state index in [1.54, 1.807) is 24.3 Å². The molecule has 0 aliphatic heterocycles. The van der Waals surface area contributed by atoms with Gasteiger partial charge in [0, 0.05) is 12.1 Å². The Morgan fingerprint density at radius 2 is 1.46 bits per heavy atom. The van der Waals surface area contributed by atoms with Gasteiger partial charge in [0.2, 0.25) is 0 Å². The second-order valence-electron chi connectivity index (χ2n) is 6.21. The molecule has 3 rings (SSSR count). The Bertz CT molecular complexity index is 875. The zero-order valence-corrected chi connectivity index (χ0v) is 14.7. The van der Waals surface area contributed by atoms with Crippen molar-refractivity contribution in [2.45, 2.75) is 19.5 Å². The Balaban J connectivity index is 1.99. The molecule has 0 bridgehead atoms. The number of hydrogen-bond donors (Lipinski definition) is 0. The van der Waals surface area contributed by atoms with Crippen LogP contribution in [0.2, 0.25) is 0 Å². The van der Waals surface area contributed by atoms with E-state index >= 15 is 0 Å². The zero-order valence-electron chi connectivity index (χ0n) is 14.7. The fourth-order valence-electron chi connectivity index (χ4n) is 3.03. The van der Waals surface area contributed by atoms with Crippen molar-refractivity contribution in [2.24, 2.45) is 0 Å². The number of aldehydes is 1. The number of amides is 1. The van der Waals surface area contributed by atoms with E-state index in [0.717, 1.165) is 17.4 Å². The summed E-state index contributed by atoms with van der Waals surface area (Å²) in [5, 5.41) is 0. The second kappa shape index (κ2) is 8.26. The summed E-state index contributed by atoms with van der Waals surface area (Å²) >= 11 is 0. The van der Waals surface area contributed by atoms with Gasteiger partial charge in [0.25, 0.3) is 5.91 Å². The third kappa shape index (κ3) is 3.89. The first-order valence-electron chi connectivity index (χ1n) is 8.64. The molecule has 0 fully saturated rings. The topological polar surface area (TPSA) is 37.4 Å². The van der Waals surface area contributed by atoms with Gasteiger partial charge in [-0.1, -0.05) is 78.9 Å². The Morgan fingerprint density at radius 3 is 2.12 bits per heavy atom. The first-order valence-corrected chi connectivity index (χ1v) is 8.64. The molecule has 0 aliphatic rings. The lowest BCUT2D eigenvalue weighted by atomic mass is 10.0. The largest absolute Gasteiger partial charge is 0.328 e. The van der Waals surface area contributed by atoms with E-state index in [4.69, 9.17) is 0 Å². The van der Waals surface area contributed by atoms with Crippen LogP contribution in [0.4, 0.5) is 0 Å². The van der Waals surface area contributed by atoms with Crippen molar-refractivity contribution in [1.29, 1.82) is 0 Å². The van der Waals surface area contributed by atoms with Crippen LogP contribution in [-0.4, -0.2) is 17.1 Å². The maximum Gasteiger partial charge on any atom is 0.255 e. The Hall–Kier alpha value is -3.20. The smallest absolute Gasteiger partial charge is 0.255 e. The van der Waals surface area contributed by atoms with Crippen LogP contribution in [0.3, 0.4) is 0 Å². The van der Waals surface area contributed by atoms with Crippen molar-refractivity contribution in [2.75, 3.05) is 0 Å². The minimum absolute atomic E-state index is 0.122. The number of benzene rings is 3. The van der Waals surface area contributed by atoms with Gasteiger partial charge in [-0.3, -0.25) is 9.59 Å². The molecule has 0 aromatic heterocycles. The summed E-state index contributed by atoms with van der Waals surface area (Å²) in [6.45, 7) is 2.49. The summed E-state index contributed by atoms with van der Waals surface area (Å²) in [4.78, 5) is 26.5. The van der Waals surface area contributed by atoms with Crippen LogP contribution in [0.1, 0.15) is 44.8 Å². The third-order valence-corrected chi connectivity index (χ3v) is 4.52. The van der Waals surface area contributed by atoms with Crippen molar-refractivity contribution in [3.63, 3.8) is 0 Å². The van der Waals surface area contributed by atoms with Gasteiger partial charge >= 0.3 is 0 Å². The van der Waals surface area contributed by atoms with E-state index < -0.39 is 0 Å². The molecule has 130 valence electrons. The zero-order chi connectivity index (χ0) is 18.4. The molecule has 0 spiro atoms. The van der Waals surface area contributed by atoms with Gasteiger partial charge in [-0.05, 0) is 24.1 Å². The van der Waals surface area contributed by atoms with E-state index in [1.165, 1.54) is 0 Å². The molecule has 1 unspecified atom stereocenters. The minimum atomic E-state index is -0.145. The fraction of sp³-hybridized carbons (Fsp3) is 0.130. The molecule has 3 aromatic carbocycles. The standard InChI is InChI=1S/C23H21NO2/c1-18(20-12-6-3-7-13-20)24(16-19-10-4-2-5-11-19)23(26)22-15-9-8-14-21(22)17-25/h2-15,17-18H,16H2,1H3. The molecule has 26 heavy (non-hydrogen) atoms. The summed E-state index contributed by atoms with van der Waals surface area (Å²) in [7, 11) is 0. The van der Waals surface area contributed by atoms with Gasteiger partial charge in [-0.15, -0.1) is 0 Å². The van der Waals surface area contributed by atoms with Gasteiger partial charge in [0.05, 0.1) is 11.6 Å². The molecule has 1 atom stereocenters. The normalized spacial score (nSPS) is 11.6. The second-order valence-corrected chi connectivity index (χ2v) is 6.21. The van der Waals surface area contributed by atoms with Crippen LogP contribution in [0.25, 0.3) is 0 Å². The van der Waals surface area contributed by atoms with E-state index in [0.29, 0.717) is 17.7 Å². The van der Waals surface area contributed by atoms with Gasteiger partial charge < -0.3 is 4.90 Å². The maximum atomic E-state index is 13.3. The first kappa shape index (κ1) is 17.6. The van der Waals surface area contributed by atoms with Crippen molar-refractivity contribution >= 4 is 12.2 Å².